The predicted molar refractivity (Wildman–Crippen MR) is 76.8 cm³/mol. The van der Waals surface area contributed by atoms with Gasteiger partial charge in [0.1, 0.15) is 5.56 Å². The molecule has 0 fully saturated rings. The van der Waals surface area contributed by atoms with E-state index in [1.165, 1.54) is 13.2 Å². The lowest BCUT2D eigenvalue weighted by Crippen LogP contribution is -2.13. The Kier molecular flexibility index (Phi) is 5.96. The van der Waals surface area contributed by atoms with Gasteiger partial charge in [0, 0.05) is 5.69 Å². The lowest BCUT2D eigenvalue weighted by atomic mass is 10.1. The Morgan fingerprint density at radius 2 is 2.00 bits per heavy atom. The summed E-state index contributed by atoms with van der Waals surface area (Å²) in [6.07, 6.45) is 2.02. The maximum atomic E-state index is 11.7. The minimum atomic E-state index is -0.506. The number of nitrogen functional groups attached to an aromatic ring is 1. The maximum absolute atomic E-state index is 11.7. The van der Waals surface area contributed by atoms with Crippen LogP contribution >= 0.6 is 11.6 Å². The lowest BCUT2D eigenvalue weighted by Gasteiger charge is -2.17. The van der Waals surface area contributed by atoms with Crippen molar-refractivity contribution in [2.45, 2.75) is 26.7 Å². The zero-order valence-corrected chi connectivity index (χ0v) is 12.3. The third-order valence-electron chi connectivity index (χ3n) is 3.09. The molecule has 1 aromatic rings. The number of benzene rings is 1. The second-order valence-corrected chi connectivity index (χ2v) is 4.77. The van der Waals surface area contributed by atoms with E-state index >= 15 is 0 Å². The number of rotatable bonds is 6. The number of nitrogens with two attached hydrogens (primary N) is 1. The number of carbonyl (C=O) groups excluding carboxylic acids is 1. The molecule has 0 spiro atoms. The molecule has 1 rings (SSSR count). The highest BCUT2D eigenvalue weighted by Crippen LogP contribution is 2.32. The van der Waals surface area contributed by atoms with Gasteiger partial charge < -0.3 is 15.2 Å². The maximum Gasteiger partial charge on any atom is 0.341 e. The van der Waals surface area contributed by atoms with Crippen molar-refractivity contribution in [1.29, 1.82) is 0 Å². The van der Waals surface area contributed by atoms with Gasteiger partial charge in [0.05, 0.1) is 18.7 Å². The summed E-state index contributed by atoms with van der Waals surface area (Å²) in [4.78, 5) is 11.7. The Morgan fingerprint density at radius 1 is 1.37 bits per heavy atom. The van der Waals surface area contributed by atoms with Crippen molar-refractivity contribution in [2.24, 2.45) is 5.92 Å². The Hall–Kier alpha value is -1.42. The van der Waals surface area contributed by atoms with Crippen molar-refractivity contribution in [3.8, 4) is 5.75 Å². The zero-order chi connectivity index (χ0) is 14.4. The fourth-order valence-corrected chi connectivity index (χ4v) is 2.03. The number of anilines is 1. The molecule has 106 valence electrons. The molecule has 0 atom stereocenters. The van der Waals surface area contributed by atoms with Crippen LogP contribution < -0.4 is 10.5 Å². The summed E-state index contributed by atoms with van der Waals surface area (Å²) in [5.74, 6) is 0.266. The van der Waals surface area contributed by atoms with Crippen LogP contribution in [0.1, 0.15) is 37.0 Å². The van der Waals surface area contributed by atoms with Gasteiger partial charge in [-0.2, -0.15) is 0 Å². The second-order valence-electron chi connectivity index (χ2n) is 4.36. The summed E-state index contributed by atoms with van der Waals surface area (Å²) in [5, 5.41) is 0.325. The van der Waals surface area contributed by atoms with Gasteiger partial charge >= 0.3 is 5.97 Å². The highest BCUT2D eigenvalue weighted by Gasteiger charge is 2.18. The third kappa shape index (κ3) is 4.03. The van der Waals surface area contributed by atoms with Gasteiger partial charge in [-0.05, 0) is 18.1 Å². The molecule has 0 bridgehead atoms. The van der Waals surface area contributed by atoms with Crippen LogP contribution in [0.25, 0.3) is 0 Å². The molecule has 5 heteroatoms. The third-order valence-corrected chi connectivity index (χ3v) is 3.37. The number of hydrogen-bond donors (Lipinski definition) is 1. The molecule has 19 heavy (non-hydrogen) atoms. The summed E-state index contributed by atoms with van der Waals surface area (Å²) >= 11 is 6.09. The molecule has 4 nitrogen and oxygen atoms in total. The van der Waals surface area contributed by atoms with Crippen molar-refractivity contribution in [3.63, 3.8) is 0 Å². The molecule has 0 aromatic heterocycles. The quantitative estimate of drug-likeness (QED) is 0.642. The molecule has 0 aliphatic heterocycles. The fourth-order valence-electron chi connectivity index (χ4n) is 1.75. The predicted octanol–water partition coefficient (Wildman–Crippen LogP) is 3.52. The van der Waals surface area contributed by atoms with Crippen LogP contribution in [0, 0.1) is 5.92 Å². The van der Waals surface area contributed by atoms with Crippen LogP contribution in [0.4, 0.5) is 5.69 Å². The van der Waals surface area contributed by atoms with Gasteiger partial charge in [0.2, 0.25) is 0 Å². The van der Waals surface area contributed by atoms with Gasteiger partial charge in [0.25, 0.3) is 0 Å². The number of methoxy groups -OCH3 is 1. The fraction of sp³-hybridized carbons (Fsp3) is 0.500. The first-order valence-electron chi connectivity index (χ1n) is 6.33. The molecular weight excluding hydrogens is 266 g/mol. The van der Waals surface area contributed by atoms with E-state index in [0.717, 1.165) is 12.8 Å². The number of ether oxygens (including phenoxy) is 2. The van der Waals surface area contributed by atoms with E-state index in [1.54, 1.807) is 6.07 Å². The van der Waals surface area contributed by atoms with Gasteiger partial charge in [-0.25, -0.2) is 4.79 Å². The SMILES string of the molecule is CCC(CC)COc1c(Cl)cc(N)cc1C(=O)OC. The first-order valence-corrected chi connectivity index (χ1v) is 6.71. The number of carbonyl (C=O) groups is 1. The molecule has 2 N–H and O–H groups in total. The molecule has 0 radical (unpaired) electrons. The highest BCUT2D eigenvalue weighted by atomic mass is 35.5. The Labute approximate surface area is 118 Å². The average Bonchev–Trinajstić information content (AvgIpc) is 2.40. The van der Waals surface area contributed by atoms with Crippen LogP contribution in [-0.4, -0.2) is 19.7 Å². The molecule has 0 aliphatic rings. The van der Waals surface area contributed by atoms with Gasteiger partial charge in [-0.3, -0.25) is 0 Å². The molecular formula is C14H20ClNO3. The van der Waals surface area contributed by atoms with Crippen LogP contribution in [-0.2, 0) is 4.74 Å². The summed E-state index contributed by atoms with van der Waals surface area (Å²) in [7, 11) is 1.31. The van der Waals surface area contributed by atoms with Gasteiger partial charge in [0.15, 0.2) is 5.75 Å². The second kappa shape index (κ2) is 7.24. The number of halogens is 1. The van der Waals surface area contributed by atoms with Gasteiger partial charge in [-0.15, -0.1) is 0 Å². The van der Waals surface area contributed by atoms with Crippen molar-refractivity contribution in [3.05, 3.63) is 22.7 Å². The van der Waals surface area contributed by atoms with E-state index in [4.69, 9.17) is 26.8 Å². The average molecular weight is 286 g/mol. The Morgan fingerprint density at radius 3 is 2.53 bits per heavy atom. The van der Waals surface area contributed by atoms with Crippen LogP contribution in [0.5, 0.6) is 5.75 Å². The summed E-state index contributed by atoms with van der Waals surface area (Å²) in [6.45, 7) is 4.72. The molecule has 0 aliphatic carbocycles. The van der Waals surface area contributed by atoms with Crippen LogP contribution in [0.2, 0.25) is 5.02 Å². The minimum absolute atomic E-state index is 0.262. The van der Waals surface area contributed by atoms with E-state index in [-0.39, 0.29) is 5.56 Å². The molecule has 0 heterocycles. The van der Waals surface area contributed by atoms with Crippen LogP contribution in [0.15, 0.2) is 12.1 Å². The topological polar surface area (TPSA) is 61.5 Å². The highest BCUT2D eigenvalue weighted by molar-refractivity contribution is 6.33. The molecule has 0 unspecified atom stereocenters. The van der Waals surface area contributed by atoms with E-state index in [9.17, 15) is 4.79 Å². The normalized spacial score (nSPS) is 10.6. The van der Waals surface area contributed by atoms with E-state index in [1.807, 2.05) is 0 Å². The number of esters is 1. The monoisotopic (exact) mass is 285 g/mol. The Balaban J connectivity index is 3.01. The minimum Gasteiger partial charge on any atom is -0.491 e. The smallest absolute Gasteiger partial charge is 0.341 e. The Bertz CT molecular complexity index is 445. The lowest BCUT2D eigenvalue weighted by molar-refractivity contribution is 0.0595. The van der Waals surface area contributed by atoms with Crippen molar-refractivity contribution >= 4 is 23.3 Å². The van der Waals surface area contributed by atoms with E-state index in [0.29, 0.717) is 29.0 Å². The largest absolute Gasteiger partial charge is 0.491 e. The van der Waals surface area contributed by atoms with Crippen molar-refractivity contribution in [2.75, 3.05) is 19.5 Å². The molecule has 0 saturated heterocycles. The molecule has 0 amide bonds. The van der Waals surface area contributed by atoms with Crippen molar-refractivity contribution in [1.82, 2.24) is 0 Å². The summed E-state index contributed by atoms with van der Waals surface area (Å²) in [6, 6.07) is 3.08. The first kappa shape index (κ1) is 15.6. The summed E-state index contributed by atoms with van der Waals surface area (Å²) < 4.78 is 10.4. The standard InChI is InChI=1S/C14H20ClNO3/c1-4-9(5-2)8-19-13-11(14(17)18-3)6-10(16)7-12(13)15/h6-7,9H,4-5,8,16H2,1-3H3. The molecule has 1 aromatic carbocycles. The van der Waals surface area contributed by atoms with E-state index in [2.05, 4.69) is 13.8 Å². The first-order chi connectivity index (χ1) is 9.03. The van der Waals surface area contributed by atoms with Crippen LogP contribution in [0.3, 0.4) is 0 Å². The van der Waals surface area contributed by atoms with Crippen molar-refractivity contribution < 1.29 is 14.3 Å². The van der Waals surface area contributed by atoms with E-state index < -0.39 is 5.97 Å². The zero-order valence-electron chi connectivity index (χ0n) is 11.5. The summed E-state index contributed by atoms with van der Waals surface area (Å²) in [5.41, 5.74) is 6.35. The molecule has 0 saturated carbocycles. The number of hydrogen-bond acceptors (Lipinski definition) is 4. The van der Waals surface area contributed by atoms with Gasteiger partial charge in [-0.1, -0.05) is 38.3 Å².